The molecule has 6 nitrogen and oxygen atoms in total. The van der Waals surface area contributed by atoms with Crippen molar-refractivity contribution >= 4 is 53.4 Å². The Hall–Kier alpha value is -1.99. The SMILES string of the molecule is Cc1cccc2c1nc(COc1ccc(Cl)cc1)n2CC[C@@H](C)C(=O)N1CCCCC1CCN1CCCCC1.Cl.Cl. The van der Waals surface area contributed by atoms with Gasteiger partial charge in [0.05, 0.1) is 11.0 Å². The second kappa shape index (κ2) is 16.0. The molecule has 0 radical (unpaired) electrons. The van der Waals surface area contributed by atoms with E-state index < -0.39 is 0 Å². The maximum Gasteiger partial charge on any atom is 0.225 e. The third kappa shape index (κ3) is 8.53. The zero-order chi connectivity index (χ0) is 27.2. The number of ether oxygens (including phenoxy) is 1. The summed E-state index contributed by atoms with van der Waals surface area (Å²) in [5.41, 5.74) is 3.25. The van der Waals surface area contributed by atoms with Gasteiger partial charge in [-0.15, -0.1) is 24.8 Å². The predicted octanol–water partition coefficient (Wildman–Crippen LogP) is 7.70. The fourth-order valence-electron chi connectivity index (χ4n) is 6.21. The summed E-state index contributed by atoms with van der Waals surface area (Å²) in [7, 11) is 0. The van der Waals surface area contributed by atoms with Gasteiger partial charge in [-0.1, -0.05) is 37.1 Å². The molecule has 2 atom stereocenters. The minimum atomic E-state index is -0.0344. The van der Waals surface area contributed by atoms with Gasteiger partial charge in [0, 0.05) is 36.6 Å². The Morgan fingerprint density at radius 3 is 2.49 bits per heavy atom. The number of benzene rings is 2. The number of carbonyl (C=O) groups is 1. The minimum Gasteiger partial charge on any atom is -0.486 e. The Bertz CT molecular complexity index is 1240. The van der Waals surface area contributed by atoms with Gasteiger partial charge in [-0.2, -0.15) is 0 Å². The van der Waals surface area contributed by atoms with E-state index in [4.69, 9.17) is 21.3 Å². The maximum atomic E-state index is 13.7. The van der Waals surface area contributed by atoms with Crippen LogP contribution in [0.1, 0.15) is 69.7 Å². The largest absolute Gasteiger partial charge is 0.486 e. The molecule has 0 aliphatic carbocycles. The van der Waals surface area contributed by atoms with E-state index in [1.54, 1.807) is 0 Å². The number of rotatable bonds is 10. The van der Waals surface area contributed by atoms with Gasteiger partial charge in [-0.05, 0) is 101 Å². The molecule has 2 fully saturated rings. The van der Waals surface area contributed by atoms with E-state index >= 15 is 0 Å². The number of halogens is 3. The van der Waals surface area contributed by atoms with E-state index in [0.29, 0.717) is 23.6 Å². The predicted molar refractivity (Wildman–Crippen MR) is 173 cm³/mol. The molecule has 2 aliphatic rings. The lowest BCUT2D eigenvalue weighted by Crippen LogP contribution is -2.47. The topological polar surface area (TPSA) is 50.6 Å². The molecule has 2 saturated heterocycles. The van der Waals surface area contributed by atoms with E-state index in [9.17, 15) is 4.79 Å². The third-order valence-corrected chi connectivity index (χ3v) is 8.84. The van der Waals surface area contributed by atoms with Crippen molar-refractivity contribution < 1.29 is 9.53 Å². The van der Waals surface area contributed by atoms with E-state index in [1.165, 1.54) is 38.8 Å². The van der Waals surface area contributed by atoms with Crippen LogP contribution in [0.15, 0.2) is 42.5 Å². The van der Waals surface area contributed by atoms with Crippen LogP contribution in [0.2, 0.25) is 5.02 Å². The molecule has 1 aromatic heterocycles. The first kappa shape index (κ1) is 33.5. The molecular formula is C32H45Cl3N4O2. The number of para-hydroxylation sites is 1. The highest BCUT2D eigenvalue weighted by Gasteiger charge is 2.30. The molecule has 9 heteroatoms. The van der Waals surface area contributed by atoms with Gasteiger partial charge in [-0.25, -0.2) is 4.98 Å². The lowest BCUT2D eigenvalue weighted by Gasteiger charge is -2.39. The van der Waals surface area contributed by atoms with E-state index in [0.717, 1.165) is 73.5 Å². The molecular weight excluding hydrogens is 579 g/mol. The number of hydrogen-bond acceptors (Lipinski definition) is 4. The smallest absolute Gasteiger partial charge is 0.225 e. The van der Waals surface area contributed by atoms with E-state index in [2.05, 4.69) is 46.4 Å². The van der Waals surface area contributed by atoms with Crippen LogP contribution in [0, 0.1) is 12.8 Å². The molecule has 0 saturated carbocycles. The molecule has 3 aromatic rings. The molecule has 1 amide bonds. The van der Waals surface area contributed by atoms with Crippen molar-refractivity contribution in [3.05, 3.63) is 58.9 Å². The number of amides is 1. The van der Waals surface area contributed by atoms with Crippen molar-refractivity contribution in [1.29, 1.82) is 0 Å². The number of carbonyl (C=O) groups excluding carboxylic acids is 1. The van der Waals surface area contributed by atoms with Crippen LogP contribution < -0.4 is 4.74 Å². The fraction of sp³-hybridized carbons (Fsp3) is 0.562. The van der Waals surface area contributed by atoms with E-state index in [1.807, 2.05) is 24.3 Å². The van der Waals surface area contributed by atoms with Gasteiger partial charge in [0.15, 0.2) is 0 Å². The summed E-state index contributed by atoms with van der Waals surface area (Å²) >= 11 is 6.03. The van der Waals surface area contributed by atoms with Crippen molar-refractivity contribution in [3.63, 3.8) is 0 Å². The van der Waals surface area contributed by atoms with Gasteiger partial charge in [-0.3, -0.25) is 4.79 Å². The summed E-state index contributed by atoms with van der Waals surface area (Å²) in [5, 5.41) is 0.686. The average molecular weight is 624 g/mol. The molecule has 3 heterocycles. The molecule has 0 spiro atoms. The standard InChI is InChI=1S/C32H43ClN4O2.2ClH/c1-24-9-8-11-29-31(24)34-30(23-39-28-14-12-26(33)13-15-28)37(29)22-16-25(2)32(38)36-20-7-4-10-27(36)17-21-35-18-5-3-6-19-35;;/h8-9,11-15,25,27H,3-7,10,16-23H2,1-2H3;2*1H/t25-,27?;;/m1../s1. The highest BCUT2D eigenvalue weighted by molar-refractivity contribution is 6.30. The number of aryl methyl sites for hydroxylation is 2. The van der Waals surface area contributed by atoms with Crippen LogP contribution in [-0.4, -0.2) is 57.5 Å². The van der Waals surface area contributed by atoms with Crippen LogP contribution in [0.25, 0.3) is 11.0 Å². The van der Waals surface area contributed by atoms with E-state index in [-0.39, 0.29) is 30.7 Å². The fourth-order valence-corrected chi connectivity index (χ4v) is 6.33. The summed E-state index contributed by atoms with van der Waals surface area (Å²) in [6, 6.07) is 14.1. The van der Waals surface area contributed by atoms with Gasteiger partial charge < -0.3 is 19.1 Å². The molecule has 1 unspecified atom stereocenters. The van der Waals surface area contributed by atoms with Crippen LogP contribution in [-0.2, 0) is 17.9 Å². The molecule has 2 aromatic carbocycles. The van der Waals surface area contributed by atoms with Crippen molar-refractivity contribution in [2.24, 2.45) is 5.92 Å². The summed E-state index contributed by atoms with van der Waals surface area (Å²) in [6.07, 6.45) is 9.39. The van der Waals surface area contributed by atoms with Gasteiger partial charge >= 0.3 is 0 Å². The molecule has 226 valence electrons. The molecule has 5 rings (SSSR count). The van der Waals surface area contributed by atoms with Crippen molar-refractivity contribution in [3.8, 4) is 5.75 Å². The zero-order valence-electron chi connectivity index (χ0n) is 24.4. The lowest BCUT2D eigenvalue weighted by molar-refractivity contribution is -0.139. The number of fused-ring (bicyclic) bond motifs is 1. The number of hydrogen-bond donors (Lipinski definition) is 0. The Kier molecular flexibility index (Phi) is 13.1. The summed E-state index contributed by atoms with van der Waals surface area (Å²) < 4.78 is 8.32. The lowest BCUT2D eigenvalue weighted by atomic mass is 9.95. The summed E-state index contributed by atoms with van der Waals surface area (Å²) in [6.45, 7) is 9.77. The van der Waals surface area contributed by atoms with Crippen LogP contribution >= 0.6 is 36.4 Å². The Morgan fingerprint density at radius 1 is 1.00 bits per heavy atom. The van der Waals surface area contributed by atoms with Gasteiger partial charge in [0.1, 0.15) is 18.2 Å². The van der Waals surface area contributed by atoms with Gasteiger partial charge in [0.25, 0.3) is 0 Å². The second-order valence-electron chi connectivity index (χ2n) is 11.4. The molecule has 41 heavy (non-hydrogen) atoms. The van der Waals surface area contributed by atoms with Crippen LogP contribution in [0.4, 0.5) is 0 Å². The van der Waals surface area contributed by atoms with Crippen LogP contribution in [0.3, 0.4) is 0 Å². The first-order chi connectivity index (χ1) is 19.0. The van der Waals surface area contributed by atoms with Crippen molar-refractivity contribution in [2.75, 3.05) is 26.2 Å². The Labute approximate surface area is 262 Å². The first-order valence-corrected chi connectivity index (χ1v) is 15.2. The summed E-state index contributed by atoms with van der Waals surface area (Å²) in [5.74, 6) is 1.93. The zero-order valence-corrected chi connectivity index (χ0v) is 26.8. The third-order valence-electron chi connectivity index (χ3n) is 8.59. The maximum absolute atomic E-state index is 13.7. The Balaban J connectivity index is 0.00000231. The van der Waals surface area contributed by atoms with Crippen molar-refractivity contribution in [2.45, 2.75) is 84.4 Å². The number of piperidine rings is 2. The normalized spacial score (nSPS) is 18.4. The van der Waals surface area contributed by atoms with Crippen LogP contribution in [0.5, 0.6) is 5.75 Å². The number of likely N-dealkylation sites (tertiary alicyclic amines) is 2. The molecule has 0 bridgehead atoms. The minimum absolute atomic E-state index is 0. The quantitative estimate of drug-likeness (QED) is 0.232. The first-order valence-electron chi connectivity index (χ1n) is 14.9. The van der Waals surface area contributed by atoms with Gasteiger partial charge in [0.2, 0.25) is 5.91 Å². The summed E-state index contributed by atoms with van der Waals surface area (Å²) in [4.78, 5) is 23.5. The van der Waals surface area contributed by atoms with Crippen molar-refractivity contribution in [1.82, 2.24) is 19.4 Å². The molecule has 2 aliphatic heterocycles. The number of nitrogens with zero attached hydrogens (tertiary/aromatic N) is 4. The number of aromatic nitrogens is 2. The average Bonchev–Trinajstić information content (AvgIpc) is 3.33. The number of imidazole rings is 1. The Morgan fingerprint density at radius 2 is 1.73 bits per heavy atom. The highest BCUT2D eigenvalue weighted by atomic mass is 35.5. The monoisotopic (exact) mass is 622 g/mol. The highest BCUT2D eigenvalue weighted by Crippen LogP contribution is 2.26. The second-order valence-corrected chi connectivity index (χ2v) is 11.9. The molecule has 0 N–H and O–H groups in total.